The summed E-state index contributed by atoms with van der Waals surface area (Å²) in [5, 5.41) is 1.21. The molecule has 0 bridgehead atoms. The predicted molar refractivity (Wildman–Crippen MR) is 113 cm³/mol. The van der Waals surface area contributed by atoms with Gasteiger partial charge in [-0.2, -0.15) is 0 Å². The standard InChI is InChI=1S/C20H24BrN3S/c1-4-7-12-24(6-3)19-18-17(14-8-10-15(21)11-9-14)16(5-2)25-20(18)23-13-22-19/h8-11,13H,4-7,12H2,1-3H3. The first kappa shape index (κ1) is 18.3. The zero-order chi connectivity index (χ0) is 17.8. The van der Waals surface area contributed by atoms with Gasteiger partial charge in [0.25, 0.3) is 0 Å². The van der Waals surface area contributed by atoms with Crippen LogP contribution in [0.15, 0.2) is 35.1 Å². The minimum atomic E-state index is 0.962. The zero-order valence-electron chi connectivity index (χ0n) is 15.1. The van der Waals surface area contributed by atoms with Crippen molar-refractivity contribution in [2.75, 3.05) is 18.0 Å². The van der Waals surface area contributed by atoms with E-state index in [1.165, 1.54) is 34.2 Å². The van der Waals surface area contributed by atoms with Crippen LogP contribution in [-0.2, 0) is 6.42 Å². The number of hydrogen-bond acceptors (Lipinski definition) is 4. The minimum Gasteiger partial charge on any atom is -0.356 e. The third kappa shape index (κ3) is 3.72. The van der Waals surface area contributed by atoms with Gasteiger partial charge in [-0.15, -0.1) is 11.3 Å². The fourth-order valence-corrected chi connectivity index (χ4v) is 4.50. The highest BCUT2D eigenvalue weighted by Crippen LogP contribution is 2.42. The van der Waals surface area contributed by atoms with E-state index in [1.54, 1.807) is 17.7 Å². The molecule has 0 N–H and O–H groups in total. The predicted octanol–water partition coefficient (Wildman–Crippen LogP) is 6.31. The van der Waals surface area contributed by atoms with E-state index < -0.39 is 0 Å². The Balaban J connectivity index is 2.22. The Hall–Kier alpha value is -1.46. The molecule has 132 valence electrons. The fourth-order valence-electron chi connectivity index (χ4n) is 3.14. The molecule has 0 saturated carbocycles. The van der Waals surface area contributed by atoms with Gasteiger partial charge in [0, 0.05) is 28.0 Å². The molecule has 3 aromatic rings. The summed E-state index contributed by atoms with van der Waals surface area (Å²) < 4.78 is 1.10. The molecule has 0 unspecified atom stereocenters. The number of thiophene rings is 1. The summed E-state index contributed by atoms with van der Waals surface area (Å²) >= 11 is 5.34. The van der Waals surface area contributed by atoms with Crippen molar-refractivity contribution < 1.29 is 0 Å². The van der Waals surface area contributed by atoms with Crippen LogP contribution in [0.4, 0.5) is 5.82 Å². The highest BCUT2D eigenvalue weighted by atomic mass is 79.9. The van der Waals surface area contributed by atoms with Crippen LogP contribution in [0.2, 0.25) is 0 Å². The SMILES string of the molecule is CCCCN(CC)c1ncnc2sc(CC)c(-c3ccc(Br)cc3)c12. The third-order valence-corrected chi connectivity index (χ3v) is 6.23. The average Bonchev–Trinajstić information content (AvgIpc) is 3.02. The quantitative estimate of drug-likeness (QED) is 0.450. The monoisotopic (exact) mass is 417 g/mol. The Morgan fingerprint density at radius 1 is 1.08 bits per heavy atom. The van der Waals surface area contributed by atoms with Crippen LogP contribution < -0.4 is 4.90 Å². The van der Waals surface area contributed by atoms with Gasteiger partial charge in [0.1, 0.15) is 17.0 Å². The molecule has 5 heteroatoms. The summed E-state index contributed by atoms with van der Waals surface area (Å²) in [5.74, 6) is 1.08. The molecule has 0 aliphatic carbocycles. The Morgan fingerprint density at radius 3 is 2.48 bits per heavy atom. The Kier molecular flexibility index (Phi) is 6.07. The summed E-state index contributed by atoms with van der Waals surface area (Å²) in [6.45, 7) is 8.65. The van der Waals surface area contributed by atoms with Crippen molar-refractivity contribution in [3.63, 3.8) is 0 Å². The summed E-state index contributed by atoms with van der Waals surface area (Å²) in [7, 11) is 0. The Morgan fingerprint density at radius 2 is 1.84 bits per heavy atom. The lowest BCUT2D eigenvalue weighted by Gasteiger charge is -2.23. The maximum Gasteiger partial charge on any atom is 0.141 e. The third-order valence-electron chi connectivity index (χ3n) is 4.46. The van der Waals surface area contributed by atoms with Crippen LogP contribution >= 0.6 is 27.3 Å². The summed E-state index contributed by atoms with van der Waals surface area (Å²) in [5.41, 5.74) is 2.55. The van der Waals surface area contributed by atoms with Crippen LogP contribution in [0.3, 0.4) is 0 Å². The molecule has 3 rings (SSSR count). The molecule has 0 saturated heterocycles. The first-order valence-corrected chi connectivity index (χ1v) is 10.6. The lowest BCUT2D eigenvalue weighted by molar-refractivity contribution is 0.726. The van der Waals surface area contributed by atoms with Crippen LogP contribution in [0.5, 0.6) is 0 Å². The number of aryl methyl sites for hydroxylation is 1. The molecule has 0 aliphatic heterocycles. The minimum absolute atomic E-state index is 0.962. The summed E-state index contributed by atoms with van der Waals surface area (Å²) in [6, 6.07) is 8.58. The van der Waals surface area contributed by atoms with Gasteiger partial charge in [-0.25, -0.2) is 9.97 Å². The van der Waals surface area contributed by atoms with Crippen LogP contribution in [0, 0.1) is 0 Å². The van der Waals surface area contributed by atoms with Crippen molar-refractivity contribution in [2.24, 2.45) is 0 Å². The molecule has 3 nitrogen and oxygen atoms in total. The van der Waals surface area contributed by atoms with Crippen molar-refractivity contribution in [1.82, 2.24) is 9.97 Å². The number of nitrogens with zero attached hydrogens (tertiary/aromatic N) is 3. The van der Waals surface area contributed by atoms with Crippen molar-refractivity contribution in [1.29, 1.82) is 0 Å². The lowest BCUT2D eigenvalue weighted by atomic mass is 10.0. The van der Waals surface area contributed by atoms with Crippen LogP contribution in [0.1, 0.15) is 38.5 Å². The second-order valence-corrected chi connectivity index (χ2v) is 8.07. The maximum absolute atomic E-state index is 4.69. The van der Waals surface area contributed by atoms with Gasteiger partial charge < -0.3 is 4.90 Å². The Bertz CT molecular complexity index is 842. The number of halogens is 1. The molecular formula is C20H24BrN3S. The zero-order valence-corrected chi connectivity index (χ0v) is 17.5. The molecule has 0 atom stereocenters. The first-order valence-electron chi connectivity index (χ1n) is 8.96. The van der Waals surface area contributed by atoms with E-state index in [-0.39, 0.29) is 0 Å². The van der Waals surface area contributed by atoms with Crippen molar-refractivity contribution in [3.8, 4) is 11.1 Å². The smallest absolute Gasteiger partial charge is 0.141 e. The summed E-state index contributed by atoms with van der Waals surface area (Å²) in [4.78, 5) is 14.1. The van der Waals surface area contributed by atoms with Crippen molar-refractivity contribution in [3.05, 3.63) is 39.9 Å². The molecule has 2 heterocycles. The van der Waals surface area contributed by atoms with Crippen LogP contribution in [-0.4, -0.2) is 23.1 Å². The van der Waals surface area contributed by atoms with Crippen molar-refractivity contribution >= 4 is 43.3 Å². The molecule has 2 aromatic heterocycles. The average molecular weight is 418 g/mol. The van der Waals surface area contributed by atoms with Gasteiger partial charge in [0.2, 0.25) is 0 Å². The topological polar surface area (TPSA) is 29.0 Å². The van der Waals surface area contributed by atoms with Crippen molar-refractivity contribution in [2.45, 2.75) is 40.0 Å². The highest BCUT2D eigenvalue weighted by molar-refractivity contribution is 9.10. The van der Waals surface area contributed by atoms with E-state index >= 15 is 0 Å². The number of hydrogen-bond donors (Lipinski definition) is 0. The summed E-state index contributed by atoms with van der Waals surface area (Å²) in [6.07, 6.45) is 5.09. The van der Waals surface area contributed by atoms with E-state index in [2.05, 4.69) is 70.9 Å². The van der Waals surface area contributed by atoms with E-state index in [0.29, 0.717) is 0 Å². The highest BCUT2D eigenvalue weighted by Gasteiger charge is 2.20. The first-order chi connectivity index (χ1) is 12.2. The van der Waals surface area contributed by atoms with Gasteiger partial charge in [-0.1, -0.05) is 48.3 Å². The molecule has 0 spiro atoms. The number of benzene rings is 1. The normalized spacial score (nSPS) is 11.2. The van der Waals surface area contributed by atoms with Gasteiger partial charge >= 0.3 is 0 Å². The number of aromatic nitrogens is 2. The number of fused-ring (bicyclic) bond motifs is 1. The van der Waals surface area contributed by atoms with E-state index in [9.17, 15) is 0 Å². The molecule has 0 radical (unpaired) electrons. The van der Waals surface area contributed by atoms with E-state index in [4.69, 9.17) is 4.98 Å². The molecular weight excluding hydrogens is 394 g/mol. The van der Waals surface area contributed by atoms with Gasteiger partial charge in [-0.3, -0.25) is 0 Å². The Labute approximate surface area is 162 Å². The van der Waals surface area contributed by atoms with E-state index in [1.807, 2.05) is 0 Å². The van der Waals surface area contributed by atoms with Gasteiger partial charge in [0.15, 0.2) is 0 Å². The van der Waals surface area contributed by atoms with E-state index in [0.717, 1.165) is 34.6 Å². The largest absolute Gasteiger partial charge is 0.356 e. The van der Waals surface area contributed by atoms with Gasteiger partial charge in [0.05, 0.1) is 5.39 Å². The number of unbranched alkanes of at least 4 members (excludes halogenated alkanes) is 1. The molecule has 0 fully saturated rings. The number of rotatable bonds is 7. The van der Waals surface area contributed by atoms with Crippen LogP contribution in [0.25, 0.3) is 21.3 Å². The van der Waals surface area contributed by atoms with Gasteiger partial charge in [-0.05, 0) is 37.5 Å². The molecule has 0 aliphatic rings. The lowest BCUT2D eigenvalue weighted by Crippen LogP contribution is -2.25. The second kappa shape index (κ2) is 8.28. The molecule has 0 amide bonds. The number of anilines is 1. The fraction of sp³-hybridized carbons (Fsp3) is 0.400. The maximum atomic E-state index is 4.69. The second-order valence-electron chi connectivity index (χ2n) is 6.07. The molecule has 1 aromatic carbocycles. The molecule has 25 heavy (non-hydrogen) atoms.